The van der Waals surface area contributed by atoms with E-state index in [4.69, 9.17) is 9.26 Å². The van der Waals surface area contributed by atoms with Gasteiger partial charge in [-0.25, -0.2) is 8.42 Å². The largest absolute Gasteiger partial charge is 0.487 e. The fourth-order valence-electron chi connectivity index (χ4n) is 4.50. The minimum absolute atomic E-state index is 0.185. The standard InChI is InChI=1S/C22H32N4O4S/c1-16-18(17(2)30-23-16)15-25-11-9-19-20(10-12-25)29-21-7-5-6-8-22(21)31(27,28)26(19)14-13-24(3)4/h5-8,19-20H,9-15H2,1-4H3/t19-,20-/m0/s1. The van der Waals surface area contributed by atoms with Crippen LogP contribution in [-0.4, -0.2) is 80.1 Å². The number of rotatable bonds is 5. The molecule has 1 aromatic heterocycles. The SMILES string of the molecule is Cc1noc(C)c1CN1CC[C@@H]2Oc3ccccc3S(=O)(=O)N(CCN(C)C)[C@H]2CC1. The van der Waals surface area contributed by atoms with Crippen LogP contribution >= 0.6 is 0 Å². The maximum Gasteiger partial charge on any atom is 0.247 e. The van der Waals surface area contributed by atoms with Crippen molar-refractivity contribution >= 4 is 10.0 Å². The Hall–Kier alpha value is -1.94. The molecule has 31 heavy (non-hydrogen) atoms. The molecule has 170 valence electrons. The highest BCUT2D eigenvalue weighted by atomic mass is 32.2. The number of aromatic nitrogens is 1. The number of hydrogen-bond acceptors (Lipinski definition) is 7. The molecule has 0 saturated carbocycles. The summed E-state index contributed by atoms with van der Waals surface area (Å²) in [7, 11) is 0.282. The lowest BCUT2D eigenvalue weighted by Crippen LogP contribution is -2.49. The Bertz CT molecular complexity index is 1000. The molecule has 1 saturated heterocycles. The molecule has 1 fully saturated rings. The molecular formula is C22H32N4O4S. The number of likely N-dealkylation sites (N-methyl/N-ethyl adjacent to an activating group) is 1. The zero-order chi connectivity index (χ0) is 22.2. The summed E-state index contributed by atoms with van der Waals surface area (Å²) < 4.78 is 40.6. The number of nitrogens with zero attached hydrogens (tertiary/aromatic N) is 4. The van der Waals surface area contributed by atoms with E-state index in [2.05, 4.69) is 10.1 Å². The molecule has 0 spiro atoms. The van der Waals surface area contributed by atoms with E-state index in [0.717, 1.165) is 43.1 Å². The van der Waals surface area contributed by atoms with E-state index in [1.54, 1.807) is 22.5 Å². The van der Waals surface area contributed by atoms with Crippen LogP contribution in [0.25, 0.3) is 0 Å². The summed E-state index contributed by atoms with van der Waals surface area (Å²) in [5.41, 5.74) is 2.03. The van der Waals surface area contributed by atoms with Crippen molar-refractivity contribution in [3.63, 3.8) is 0 Å². The quantitative estimate of drug-likeness (QED) is 0.694. The van der Waals surface area contributed by atoms with Crippen LogP contribution in [0.5, 0.6) is 5.75 Å². The molecule has 8 nitrogen and oxygen atoms in total. The normalized spacial score (nSPS) is 24.2. The first kappa shape index (κ1) is 22.3. The highest BCUT2D eigenvalue weighted by Gasteiger charge is 2.43. The second-order valence-electron chi connectivity index (χ2n) is 8.75. The molecule has 9 heteroatoms. The number of ether oxygens (including phenoxy) is 1. The first-order chi connectivity index (χ1) is 14.8. The fourth-order valence-corrected chi connectivity index (χ4v) is 6.30. The van der Waals surface area contributed by atoms with Gasteiger partial charge in [0.2, 0.25) is 10.0 Å². The van der Waals surface area contributed by atoms with Crippen LogP contribution in [0, 0.1) is 13.8 Å². The Morgan fingerprint density at radius 3 is 2.61 bits per heavy atom. The van der Waals surface area contributed by atoms with Crippen molar-refractivity contribution in [2.45, 2.75) is 50.3 Å². The number of hydrogen-bond donors (Lipinski definition) is 0. The van der Waals surface area contributed by atoms with Gasteiger partial charge in [-0.2, -0.15) is 4.31 Å². The molecule has 4 rings (SSSR count). The molecule has 0 unspecified atom stereocenters. The molecule has 0 radical (unpaired) electrons. The van der Waals surface area contributed by atoms with Gasteiger partial charge in [-0.05, 0) is 52.9 Å². The number of benzene rings is 1. The predicted octanol–water partition coefficient (Wildman–Crippen LogP) is 2.27. The highest BCUT2D eigenvalue weighted by molar-refractivity contribution is 7.89. The predicted molar refractivity (Wildman–Crippen MR) is 118 cm³/mol. The molecule has 0 aliphatic carbocycles. The zero-order valence-corrected chi connectivity index (χ0v) is 19.6. The van der Waals surface area contributed by atoms with E-state index >= 15 is 0 Å². The fraction of sp³-hybridized carbons (Fsp3) is 0.591. The topological polar surface area (TPSA) is 79.1 Å². The molecule has 0 N–H and O–H groups in total. The molecule has 0 bridgehead atoms. The van der Waals surface area contributed by atoms with Gasteiger partial charge in [0, 0.05) is 38.3 Å². The molecule has 1 aromatic carbocycles. The van der Waals surface area contributed by atoms with Crippen LogP contribution in [0.15, 0.2) is 33.7 Å². The van der Waals surface area contributed by atoms with Crippen LogP contribution < -0.4 is 4.74 Å². The molecule has 2 atom stereocenters. The zero-order valence-electron chi connectivity index (χ0n) is 18.7. The number of likely N-dealkylation sites (tertiary alicyclic amines) is 1. The van der Waals surface area contributed by atoms with E-state index in [1.807, 2.05) is 38.9 Å². The lowest BCUT2D eigenvalue weighted by Gasteiger charge is -2.32. The molecule has 2 aliphatic heterocycles. The smallest absolute Gasteiger partial charge is 0.247 e. The summed E-state index contributed by atoms with van der Waals surface area (Å²) in [5, 5.41) is 4.07. The molecule has 2 aromatic rings. The number of fused-ring (bicyclic) bond motifs is 2. The minimum atomic E-state index is -3.64. The lowest BCUT2D eigenvalue weighted by atomic mass is 10.1. The van der Waals surface area contributed by atoms with Crippen LogP contribution in [0.2, 0.25) is 0 Å². The third-order valence-electron chi connectivity index (χ3n) is 6.31. The third kappa shape index (κ3) is 4.50. The van der Waals surface area contributed by atoms with Crippen molar-refractivity contribution in [3.05, 3.63) is 41.3 Å². The van der Waals surface area contributed by atoms with Crippen LogP contribution in [-0.2, 0) is 16.6 Å². The van der Waals surface area contributed by atoms with E-state index < -0.39 is 10.0 Å². The molecular weight excluding hydrogens is 416 g/mol. The number of para-hydroxylation sites is 1. The number of sulfonamides is 1. The van der Waals surface area contributed by atoms with Crippen molar-refractivity contribution in [1.29, 1.82) is 0 Å². The lowest BCUT2D eigenvalue weighted by molar-refractivity contribution is 0.110. The second kappa shape index (κ2) is 8.90. The monoisotopic (exact) mass is 448 g/mol. The van der Waals surface area contributed by atoms with Gasteiger partial charge in [0.25, 0.3) is 0 Å². The number of aryl methyl sites for hydroxylation is 2. The summed E-state index contributed by atoms with van der Waals surface area (Å²) in [6.45, 7) is 7.37. The summed E-state index contributed by atoms with van der Waals surface area (Å²) in [6, 6.07) is 6.82. The van der Waals surface area contributed by atoms with Gasteiger partial charge in [-0.3, -0.25) is 4.90 Å². The van der Waals surface area contributed by atoms with Crippen molar-refractivity contribution in [3.8, 4) is 5.75 Å². The molecule has 2 aliphatic rings. The molecule has 0 amide bonds. The maximum atomic E-state index is 13.6. The first-order valence-corrected chi connectivity index (χ1v) is 12.3. The van der Waals surface area contributed by atoms with Crippen LogP contribution in [0.1, 0.15) is 29.9 Å². The Morgan fingerprint density at radius 1 is 1.16 bits per heavy atom. The van der Waals surface area contributed by atoms with Crippen molar-refractivity contribution in [2.24, 2.45) is 0 Å². The summed E-state index contributed by atoms with van der Waals surface area (Å²) in [6.07, 6.45) is 1.29. The van der Waals surface area contributed by atoms with E-state index in [9.17, 15) is 8.42 Å². The van der Waals surface area contributed by atoms with Gasteiger partial charge in [0.1, 0.15) is 22.5 Å². The Balaban J connectivity index is 1.63. The van der Waals surface area contributed by atoms with E-state index in [1.165, 1.54) is 0 Å². The minimum Gasteiger partial charge on any atom is -0.487 e. The van der Waals surface area contributed by atoms with Gasteiger partial charge in [0.05, 0.1) is 11.7 Å². The van der Waals surface area contributed by atoms with Crippen LogP contribution in [0.3, 0.4) is 0 Å². The maximum absolute atomic E-state index is 13.6. The van der Waals surface area contributed by atoms with Gasteiger partial charge in [0.15, 0.2) is 0 Å². The summed E-state index contributed by atoms with van der Waals surface area (Å²) in [4.78, 5) is 4.64. The molecule has 3 heterocycles. The van der Waals surface area contributed by atoms with Gasteiger partial charge < -0.3 is 14.2 Å². The van der Waals surface area contributed by atoms with Gasteiger partial charge in [-0.15, -0.1) is 0 Å². The Labute approximate surface area is 184 Å². The van der Waals surface area contributed by atoms with Crippen molar-refractivity contribution in [2.75, 3.05) is 40.3 Å². The third-order valence-corrected chi connectivity index (χ3v) is 8.28. The van der Waals surface area contributed by atoms with Gasteiger partial charge >= 0.3 is 0 Å². The van der Waals surface area contributed by atoms with Gasteiger partial charge in [-0.1, -0.05) is 17.3 Å². The second-order valence-corrected chi connectivity index (χ2v) is 10.6. The highest BCUT2D eigenvalue weighted by Crippen LogP contribution is 2.36. The summed E-state index contributed by atoms with van der Waals surface area (Å²) in [5.74, 6) is 1.31. The Morgan fingerprint density at radius 2 is 1.90 bits per heavy atom. The van der Waals surface area contributed by atoms with E-state index in [0.29, 0.717) is 25.3 Å². The van der Waals surface area contributed by atoms with Crippen molar-refractivity contribution in [1.82, 2.24) is 19.3 Å². The van der Waals surface area contributed by atoms with Crippen LogP contribution in [0.4, 0.5) is 0 Å². The Kier molecular flexibility index (Phi) is 6.39. The summed E-state index contributed by atoms with van der Waals surface area (Å²) >= 11 is 0. The first-order valence-electron chi connectivity index (χ1n) is 10.8. The average Bonchev–Trinajstić information content (AvgIpc) is 2.88. The average molecular weight is 449 g/mol. The van der Waals surface area contributed by atoms with Crippen molar-refractivity contribution < 1.29 is 17.7 Å². The van der Waals surface area contributed by atoms with E-state index in [-0.39, 0.29) is 17.0 Å².